The number of nitrogens with two attached hydrogens (primary N) is 1. The molecular formula is C17H20BrN3. The van der Waals surface area contributed by atoms with Gasteiger partial charge in [0.05, 0.1) is 0 Å². The molecule has 0 radical (unpaired) electrons. The van der Waals surface area contributed by atoms with Crippen molar-refractivity contribution in [1.82, 2.24) is 9.88 Å². The van der Waals surface area contributed by atoms with E-state index in [9.17, 15) is 0 Å². The SMILES string of the molecule is NCC(c1ccccc1Br)N1CCCC1c1cccnc1. The standard InChI is InChI=1S/C17H20BrN3/c18-15-7-2-1-6-14(15)17(11-19)21-10-4-8-16(21)13-5-3-9-20-12-13/h1-3,5-7,9,12,16-17H,4,8,10-11,19H2. The highest BCUT2D eigenvalue weighted by Gasteiger charge is 2.32. The molecule has 2 unspecified atom stereocenters. The lowest BCUT2D eigenvalue weighted by Crippen LogP contribution is -2.33. The Morgan fingerprint density at radius 2 is 2.14 bits per heavy atom. The molecule has 2 aromatic rings. The van der Waals surface area contributed by atoms with Gasteiger partial charge in [-0.15, -0.1) is 0 Å². The summed E-state index contributed by atoms with van der Waals surface area (Å²) >= 11 is 3.67. The van der Waals surface area contributed by atoms with Crippen molar-refractivity contribution in [2.75, 3.05) is 13.1 Å². The van der Waals surface area contributed by atoms with Crippen LogP contribution in [0.25, 0.3) is 0 Å². The fraction of sp³-hybridized carbons (Fsp3) is 0.353. The van der Waals surface area contributed by atoms with E-state index < -0.39 is 0 Å². The highest BCUT2D eigenvalue weighted by Crippen LogP contribution is 2.39. The maximum atomic E-state index is 6.12. The van der Waals surface area contributed by atoms with Gasteiger partial charge in [-0.2, -0.15) is 0 Å². The minimum absolute atomic E-state index is 0.244. The number of halogens is 1. The predicted octanol–water partition coefficient (Wildman–Crippen LogP) is 3.68. The number of hydrogen-bond acceptors (Lipinski definition) is 3. The summed E-state index contributed by atoms with van der Waals surface area (Å²) < 4.78 is 1.14. The van der Waals surface area contributed by atoms with Crippen LogP contribution < -0.4 is 5.73 Å². The highest BCUT2D eigenvalue weighted by atomic mass is 79.9. The second-order valence-electron chi connectivity index (χ2n) is 5.46. The number of aromatic nitrogens is 1. The van der Waals surface area contributed by atoms with Gasteiger partial charge in [0.1, 0.15) is 0 Å². The van der Waals surface area contributed by atoms with Crippen LogP contribution in [0.2, 0.25) is 0 Å². The van der Waals surface area contributed by atoms with Crippen LogP contribution in [0.1, 0.15) is 36.1 Å². The van der Waals surface area contributed by atoms with E-state index >= 15 is 0 Å². The Morgan fingerprint density at radius 1 is 1.29 bits per heavy atom. The summed E-state index contributed by atoms with van der Waals surface area (Å²) in [6.45, 7) is 1.71. The van der Waals surface area contributed by atoms with Crippen molar-refractivity contribution in [1.29, 1.82) is 0 Å². The Morgan fingerprint density at radius 3 is 2.86 bits per heavy atom. The lowest BCUT2D eigenvalue weighted by atomic mass is 10.0. The average molecular weight is 346 g/mol. The number of hydrogen-bond donors (Lipinski definition) is 1. The fourth-order valence-corrected chi connectivity index (χ4v) is 3.83. The van der Waals surface area contributed by atoms with Gasteiger partial charge in [-0.25, -0.2) is 0 Å². The molecule has 2 N–H and O–H groups in total. The van der Waals surface area contributed by atoms with E-state index in [4.69, 9.17) is 5.73 Å². The van der Waals surface area contributed by atoms with Crippen molar-refractivity contribution in [3.63, 3.8) is 0 Å². The van der Waals surface area contributed by atoms with Crippen LogP contribution in [-0.2, 0) is 0 Å². The summed E-state index contributed by atoms with van der Waals surface area (Å²) in [6, 6.07) is 13.2. The molecule has 0 aliphatic carbocycles. The van der Waals surface area contributed by atoms with Crippen molar-refractivity contribution < 1.29 is 0 Å². The van der Waals surface area contributed by atoms with E-state index in [1.807, 2.05) is 24.5 Å². The lowest BCUT2D eigenvalue weighted by Gasteiger charge is -2.33. The molecule has 1 fully saturated rings. The van der Waals surface area contributed by atoms with E-state index in [1.165, 1.54) is 24.0 Å². The lowest BCUT2D eigenvalue weighted by molar-refractivity contribution is 0.184. The summed E-state index contributed by atoms with van der Waals surface area (Å²) in [5.74, 6) is 0. The Hall–Kier alpha value is -1.23. The molecule has 1 saturated heterocycles. The molecule has 3 rings (SSSR count). The Labute approximate surface area is 134 Å². The molecule has 0 amide bonds. The first-order valence-corrected chi connectivity index (χ1v) is 8.20. The smallest absolute Gasteiger partial charge is 0.0487 e. The van der Waals surface area contributed by atoms with Crippen molar-refractivity contribution in [3.05, 3.63) is 64.4 Å². The van der Waals surface area contributed by atoms with Crippen LogP contribution >= 0.6 is 15.9 Å². The molecule has 1 aromatic carbocycles. The minimum Gasteiger partial charge on any atom is -0.329 e. The summed E-state index contributed by atoms with van der Waals surface area (Å²) in [5.41, 5.74) is 8.68. The van der Waals surface area contributed by atoms with Crippen molar-refractivity contribution in [2.45, 2.75) is 24.9 Å². The molecule has 3 nitrogen and oxygen atoms in total. The van der Waals surface area contributed by atoms with Crippen LogP contribution in [0.15, 0.2) is 53.3 Å². The van der Waals surface area contributed by atoms with E-state index in [-0.39, 0.29) is 6.04 Å². The number of pyridine rings is 1. The topological polar surface area (TPSA) is 42.1 Å². The Kier molecular flexibility index (Phi) is 4.68. The van der Waals surface area contributed by atoms with Crippen molar-refractivity contribution >= 4 is 15.9 Å². The third kappa shape index (κ3) is 3.03. The molecule has 2 atom stereocenters. The van der Waals surface area contributed by atoms with Crippen molar-refractivity contribution in [3.8, 4) is 0 Å². The largest absolute Gasteiger partial charge is 0.329 e. The summed E-state index contributed by atoms with van der Waals surface area (Å²) in [6.07, 6.45) is 6.20. The maximum absolute atomic E-state index is 6.12. The number of likely N-dealkylation sites (tertiary alicyclic amines) is 1. The molecule has 2 heterocycles. The zero-order valence-corrected chi connectivity index (χ0v) is 13.5. The number of benzene rings is 1. The van der Waals surface area contributed by atoms with Gasteiger partial charge in [-0.1, -0.05) is 40.2 Å². The first-order valence-electron chi connectivity index (χ1n) is 7.41. The zero-order chi connectivity index (χ0) is 14.7. The van der Waals surface area contributed by atoms with E-state index in [1.54, 1.807) is 0 Å². The van der Waals surface area contributed by atoms with Crippen LogP contribution in [0.4, 0.5) is 0 Å². The highest BCUT2D eigenvalue weighted by molar-refractivity contribution is 9.10. The van der Waals surface area contributed by atoms with Crippen LogP contribution in [0, 0.1) is 0 Å². The summed E-state index contributed by atoms with van der Waals surface area (Å²) in [4.78, 5) is 6.80. The molecule has 0 saturated carbocycles. The summed E-state index contributed by atoms with van der Waals surface area (Å²) in [7, 11) is 0. The predicted molar refractivity (Wildman–Crippen MR) is 88.9 cm³/mol. The van der Waals surface area contributed by atoms with Gasteiger partial charge in [0.25, 0.3) is 0 Å². The summed E-state index contributed by atoms with van der Waals surface area (Å²) in [5, 5.41) is 0. The second kappa shape index (κ2) is 6.69. The minimum atomic E-state index is 0.244. The molecular weight excluding hydrogens is 326 g/mol. The molecule has 4 heteroatoms. The quantitative estimate of drug-likeness (QED) is 0.918. The van der Waals surface area contributed by atoms with Gasteiger partial charge in [0, 0.05) is 35.5 Å². The van der Waals surface area contributed by atoms with E-state index in [0.717, 1.165) is 11.0 Å². The van der Waals surface area contributed by atoms with Gasteiger partial charge in [0.2, 0.25) is 0 Å². The molecule has 0 spiro atoms. The van der Waals surface area contributed by atoms with E-state index in [0.29, 0.717) is 12.6 Å². The maximum Gasteiger partial charge on any atom is 0.0487 e. The van der Waals surface area contributed by atoms with Gasteiger partial charge in [0.15, 0.2) is 0 Å². The molecule has 21 heavy (non-hydrogen) atoms. The molecule has 1 aromatic heterocycles. The van der Waals surface area contributed by atoms with E-state index in [2.05, 4.69) is 50.1 Å². The molecule has 0 bridgehead atoms. The van der Waals surface area contributed by atoms with Gasteiger partial charge in [-0.3, -0.25) is 9.88 Å². The number of rotatable bonds is 4. The molecule has 110 valence electrons. The molecule has 1 aliphatic heterocycles. The fourth-order valence-electron chi connectivity index (χ4n) is 3.28. The number of nitrogens with zero attached hydrogens (tertiary/aromatic N) is 2. The van der Waals surface area contributed by atoms with Crippen molar-refractivity contribution in [2.24, 2.45) is 5.73 Å². The first-order chi connectivity index (χ1) is 10.3. The normalized spacial score (nSPS) is 20.6. The van der Waals surface area contributed by atoms with Gasteiger partial charge < -0.3 is 5.73 Å². The third-order valence-electron chi connectivity index (χ3n) is 4.25. The first kappa shape index (κ1) is 14.7. The third-order valence-corrected chi connectivity index (χ3v) is 4.97. The molecule has 1 aliphatic rings. The Bertz CT molecular complexity index is 588. The monoisotopic (exact) mass is 345 g/mol. The second-order valence-corrected chi connectivity index (χ2v) is 6.31. The van der Waals surface area contributed by atoms with Gasteiger partial charge >= 0.3 is 0 Å². The average Bonchev–Trinajstić information content (AvgIpc) is 3.00. The Balaban J connectivity index is 1.91. The zero-order valence-electron chi connectivity index (χ0n) is 12.0. The van der Waals surface area contributed by atoms with Crippen LogP contribution in [-0.4, -0.2) is 23.0 Å². The van der Waals surface area contributed by atoms with Crippen LogP contribution in [0.3, 0.4) is 0 Å². The van der Waals surface area contributed by atoms with Gasteiger partial charge in [-0.05, 0) is 42.6 Å². The van der Waals surface area contributed by atoms with Crippen LogP contribution in [0.5, 0.6) is 0 Å².